The Bertz CT molecular complexity index is 1000. The number of hydrogen-bond donors (Lipinski definition) is 0. The number of carbonyl (C=O) groups is 3. The number of hydroxylamine groups is 2. The normalized spacial score (nSPS) is 38.8. The van der Waals surface area contributed by atoms with Gasteiger partial charge in [-0.05, 0) is 104 Å². The minimum absolute atomic E-state index is 0.0838. The minimum atomic E-state index is -0.940. The van der Waals surface area contributed by atoms with E-state index in [0.717, 1.165) is 61.2 Å². The van der Waals surface area contributed by atoms with Crippen LogP contribution in [-0.2, 0) is 19.2 Å². The van der Waals surface area contributed by atoms with Crippen LogP contribution in [0.3, 0.4) is 0 Å². The van der Waals surface area contributed by atoms with Gasteiger partial charge in [0.15, 0.2) is 0 Å². The van der Waals surface area contributed by atoms with Crippen LogP contribution in [-0.4, -0.2) is 29.1 Å². The van der Waals surface area contributed by atoms with E-state index in [1.165, 1.54) is 50.5 Å². The van der Waals surface area contributed by atoms with E-state index in [1.54, 1.807) is 0 Å². The Morgan fingerprint density at radius 3 is 2.40 bits per heavy atom. The van der Waals surface area contributed by atoms with Crippen LogP contribution in [0.4, 0.5) is 4.79 Å². The predicted molar refractivity (Wildman–Crippen MR) is 155 cm³/mol. The van der Waals surface area contributed by atoms with Crippen LogP contribution < -0.4 is 0 Å². The van der Waals surface area contributed by atoms with Crippen molar-refractivity contribution in [2.24, 2.45) is 52.3 Å². The zero-order valence-corrected chi connectivity index (χ0v) is 25.9. The van der Waals surface area contributed by atoms with E-state index < -0.39 is 18.0 Å². The highest BCUT2D eigenvalue weighted by molar-refractivity contribution is 6.01. The molecule has 6 heteroatoms. The summed E-state index contributed by atoms with van der Waals surface area (Å²) in [5.41, 5.74) is 2.08. The number of hydrogen-bond acceptors (Lipinski definition) is 5. The molecule has 2 amide bonds. The molecule has 4 fully saturated rings. The molecule has 9 atom stereocenters. The Kier molecular flexibility index (Phi) is 8.47. The van der Waals surface area contributed by atoms with E-state index in [1.807, 2.05) is 0 Å². The predicted octanol–water partition coefficient (Wildman–Crippen LogP) is 8.25. The first-order valence-corrected chi connectivity index (χ1v) is 16.4. The molecule has 40 heavy (non-hydrogen) atoms. The van der Waals surface area contributed by atoms with Crippen LogP contribution in [0.15, 0.2) is 11.6 Å². The highest BCUT2D eigenvalue weighted by Gasteiger charge is 2.59. The third-order valence-corrected chi connectivity index (χ3v) is 12.7. The Labute approximate surface area is 241 Å². The van der Waals surface area contributed by atoms with E-state index in [2.05, 4.69) is 47.6 Å². The number of amides is 2. The third-order valence-electron chi connectivity index (χ3n) is 12.7. The molecule has 1 heterocycles. The van der Waals surface area contributed by atoms with Crippen molar-refractivity contribution < 1.29 is 24.0 Å². The molecular formula is C34H53NO5. The average Bonchev–Trinajstić information content (AvgIpc) is 3.42. The van der Waals surface area contributed by atoms with Gasteiger partial charge in [-0.3, -0.25) is 14.4 Å². The quantitative estimate of drug-likeness (QED) is 0.171. The maximum absolute atomic E-state index is 12.4. The second-order valence-electron chi connectivity index (χ2n) is 14.9. The summed E-state index contributed by atoms with van der Waals surface area (Å²) in [7, 11) is 0. The van der Waals surface area contributed by atoms with Crippen molar-refractivity contribution in [2.45, 2.75) is 131 Å². The first-order chi connectivity index (χ1) is 19.0. The van der Waals surface area contributed by atoms with Crippen LogP contribution in [0.5, 0.6) is 0 Å². The summed E-state index contributed by atoms with van der Waals surface area (Å²) in [6.45, 7) is 14.8. The van der Waals surface area contributed by atoms with Gasteiger partial charge in [0.1, 0.15) is 6.10 Å². The van der Waals surface area contributed by atoms with Crippen molar-refractivity contribution in [3.8, 4) is 0 Å². The van der Waals surface area contributed by atoms with Gasteiger partial charge in [0.2, 0.25) is 0 Å². The van der Waals surface area contributed by atoms with E-state index in [0.29, 0.717) is 16.4 Å². The molecule has 0 N–H and O–H groups in total. The van der Waals surface area contributed by atoms with Crippen LogP contribution in [0, 0.1) is 52.3 Å². The maximum Gasteiger partial charge on any atom is 0.534 e. The zero-order valence-electron chi connectivity index (χ0n) is 25.9. The SMILES string of the molecule is CC[C@H](CC[C@@H](C)[C@H]1CC[C@H]2[C@@H]3CC=C4C[C@@H](OC(=O)ON5C(=O)CCC5=O)CC[C@]4(C)[C@H]3CC[C@]12C)C(C)C. The lowest BCUT2D eigenvalue weighted by Crippen LogP contribution is -2.51. The number of allylic oxidation sites excluding steroid dienone is 1. The lowest BCUT2D eigenvalue weighted by atomic mass is 9.47. The van der Waals surface area contributed by atoms with E-state index in [-0.39, 0.29) is 24.4 Å². The van der Waals surface area contributed by atoms with Crippen molar-refractivity contribution in [1.29, 1.82) is 0 Å². The molecule has 0 aromatic rings. The average molecular weight is 556 g/mol. The molecule has 5 rings (SSSR count). The van der Waals surface area contributed by atoms with Gasteiger partial charge in [-0.25, -0.2) is 4.79 Å². The smallest absolute Gasteiger partial charge is 0.429 e. The van der Waals surface area contributed by atoms with Crippen LogP contribution in [0.25, 0.3) is 0 Å². The van der Waals surface area contributed by atoms with Gasteiger partial charge in [0, 0.05) is 19.3 Å². The number of ether oxygens (including phenoxy) is 1. The van der Waals surface area contributed by atoms with Gasteiger partial charge in [0.25, 0.3) is 11.8 Å². The molecule has 6 nitrogen and oxygen atoms in total. The van der Waals surface area contributed by atoms with E-state index in [9.17, 15) is 14.4 Å². The molecule has 0 aromatic carbocycles. The lowest BCUT2D eigenvalue weighted by Gasteiger charge is -2.58. The molecule has 0 spiro atoms. The fraction of sp³-hybridized carbons (Fsp3) is 0.853. The fourth-order valence-electron chi connectivity index (χ4n) is 10.3. The number of carbonyl (C=O) groups excluding carboxylic acids is 3. The fourth-order valence-corrected chi connectivity index (χ4v) is 10.3. The monoisotopic (exact) mass is 555 g/mol. The van der Waals surface area contributed by atoms with Crippen molar-refractivity contribution in [3.05, 3.63) is 11.6 Å². The summed E-state index contributed by atoms with van der Waals surface area (Å²) in [4.78, 5) is 41.0. The Balaban J connectivity index is 1.21. The van der Waals surface area contributed by atoms with E-state index >= 15 is 0 Å². The molecule has 4 aliphatic carbocycles. The summed E-state index contributed by atoms with van der Waals surface area (Å²) >= 11 is 0. The highest BCUT2D eigenvalue weighted by Crippen LogP contribution is 2.67. The molecule has 0 aromatic heterocycles. The minimum Gasteiger partial charge on any atom is -0.429 e. The maximum atomic E-state index is 12.4. The summed E-state index contributed by atoms with van der Waals surface area (Å²) in [6.07, 6.45) is 14.6. The molecule has 5 aliphatic rings. The summed E-state index contributed by atoms with van der Waals surface area (Å²) in [5, 5.41) is 0.570. The topological polar surface area (TPSA) is 72.9 Å². The van der Waals surface area contributed by atoms with Gasteiger partial charge in [-0.15, -0.1) is 0 Å². The molecule has 0 unspecified atom stereocenters. The Morgan fingerprint density at radius 2 is 1.73 bits per heavy atom. The number of nitrogens with zero attached hydrogens (tertiary/aromatic N) is 1. The van der Waals surface area contributed by atoms with Crippen molar-refractivity contribution in [2.75, 3.05) is 0 Å². The molecule has 1 saturated heterocycles. The zero-order chi connectivity index (χ0) is 28.8. The molecule has 224 valence electrons. The summed E-state index contributed by atoms with van der Waals surface area (Å²) < 4.78 is 5.62. The van der Waals surface area contributed by atoms with Crippen molar-refractivity contribution in [3.63, 3.8) is 0 Å². The van der Waals surface area contributed by atoms with Crippen LogP contribution in [0.2, 0.25) is 0 Å². The van der Waals surface area contributed by atoms with Gasteiger partial charge in [-0.1, -0.05) is 71.1 Å². The van der Waals surface area contributed by atoms with Crippen molar-refractivity contribution >= 4 is 18.0 Å². The van der Waals surface area contributed by atoms with Crippen LogP contribution in [0.1, 0.15) is 125 Å². The Morgan fingerprint density at radius 1 is 1.00 bits per heavy atom. The molecule has 0 radical (unpaired) electrons. The molecule has 1 aliphatic heterocycles. The van der Waals surface area contributed by atoms with Crippen LogP contribution >= 0.6 is 0 Å². The largest absolute Gasteiger partial charge is 0.534 e. The Hall–Kier alpha value is -1.85. The van der Waals surface area contributed by atoms with Gasteiger partial charge < -0.3 is 4.74 Å². The highest BCUT2D eigenvalue weighted by atomic mass is 16.8. The van der Waals surface area contributed by atoms with E-state index in [4.69, 9.17) is 9.57 Å². The summed E-state index contributed by atoms with van der Waals surface area (Å²) in [6, 6.07) is 0. The standard InChI is InChI=1S/C34H53NO5/c1-7-23(21(2)3)9-8-22(4)27-12-13-28-26-11-10-24-20-25(39-32(38)40-35-30(36)14-15-31(35)37)16-18-33(24,5)29(26)17-19-34(27,28)6/h10,21-23,25-29H,7-9,11-20H2,1-6H3/t22-,23-,25+,26+,27-,28+,29+,33+,34-/m1/s1. The molecule has 3 saturated carbocycles. The second-order valence-corrected chi connectivity index (χ2v) is 14.9. The third kappa shape index (κ3) is 5.26. The van der Waals surface area contributed by atoms with Gasteiger partial charge in [-0.2, -0.15) is 0 Å². The number of fused-ring (bicyclic) bond motifs is 5. The molecular weight excluding hydrogens is 502 g/mol. The van der Waals surface area contributed by atoms with Gasteiger partial charge >= 0.3 is 6.16 Å². The second kappa shape index (κ2) is 11.4. The number of imide groups is 1. The first kappa shape index (κ1) is 29.6. The molecule has 0 bridgehead atoms. The number of rotatable bonds is 8. The van der Waals surface area contributed by atoms with Crippen molar-refractivity contribution in [1.82, 2.24) is 5.06 Å². The lowest BCUT2D eigenvalue weighted by molar-refractivity contribution is -0.179. The first-order valence-electron chi connectivity index (χ1n) is 16.4. The van der Waals surface area contributed by atoms with Gasteiger partial charge in [0.05, 0.1) is 0 Å². The summed E-state index contributed by atoms with van der Waals surface area (Å²) in [5.74, 6) is 4.63.